The summed E-state index contributed by atoms with van der Waals surface area (Å²) < 4.78 is 5.25. The molecule has 3 N–H and O–H groups in total. The summed E-state index contributed by atoms with van der Waals surface area (Å²) in [4.78, 5) is 20.0. The first kappa shape index (κ1) is 16.1. The van der Waals surface area contributed by atoms with E-state index in [1.54, 1.807) is 6.20 Å². The zero-order chi connectivity index (χ0) is 17.9. The lowest BCUT2D eigenvalue weighted by Crippen LogP contribution is -2.59. The fraction of sp³-hybridized carbons (Fsp3) is 0.600. The van der Waals surface area contributed by atoms with Crippen molar-refractivity contribution in [3.05, 3.63) is 24.0 Å². The number of esters is 1. The lowest BCUT2D eigenvalue weighted by molar-refractivity contribution is -0.129. The molecule has 0 spiro atoms. The molecule has 138 valence electrons. The molecule has 0 amide bonds. The van der Waals surface area contributed by atoms with Gasteiger partial charge in [-0.2, -0.15) is 0 Å². The van der Waals surface area contributed by atoms with E-state index >= 15 is 0 Å². The van der Waals surface area contributed by atoms with Crippen LogP contribution < -0.4 is 5.32 Å². The van der Waals surface area contributed by atoms with Gasteiger partial charge in [-0.1, -0.05) is 0 Å². The van der Waals surface area contributed by atoms with Gasteiger partial charge in [0.2, 0.25) is 0 Å². The second-order valence-corrected chi connectivity index (χ2v) is 8.37. The van der Waals surface area contributed by atoms with Crippen molar-refractivity contribution in [2.75, 3.05) is 11.9 Å². The zero-order valence-corrected chi connectivity index (χ0v) is 15.0. The van der Waals surface area contributed by atoms with Crippen LogP contribution in [-0.2, 0) is 4.74 Å². The number of H-pyrrole nitrogens is 1. The van der Waals surface area contributed by atoms with Crippen LogP contribution in [0, 0.1) is 17.8 Å². The maximum Gasteiger partial charge on any atom is 0.341 e. The van der Waals surface area contributed by atoms with Gasteiger partial charge in [-0.3, -0.25) is 0 Å². The molecular formula is C20H25N3O3. The summed E-state index contributed by atoms with van der Waals surface area (Å²) in [5.41, 5.74) is 1.62. The van der Waals surface area contributed by atoms with Crippen LogP contribution in [0.2, 0.25) is 0 Å². The molecule has 2 heterocycles. The van der Waals surface area contributed by atoms with Crippen molar-refractivity contribution in [1.29, 1.82) is 0 Å². The van der Waals surface area contributed by atoms with Gasteiger partial charge < -0.3 is 20.1 Å². The highest BCUT2D eigenvalue weighted by Gasteiger charge is 2.54. The van der Waals surface area contributed by atoms with E-state index in [0.29, 0.717) is 36.0 Å². The molecule has 4 bridgehead atoms. The van der Waals surface area contributed by atoms with Crippen LogP contribution in [0.15, 0.2) is 18.5 Å². The van der Waals surface area contributed by atoms with Crippen LogP contribution in [0.1, 0.15) is 49.4 Å². The molecule has 26 heavy (non-hydrogen) atoms. The number of aromatic nitrogens is 2. The lowest BCUT2D eigenvalue weighted by Gasteiger charge is -2.58. The third-order valence-corrected chi connectivity index (χ3v) is 6.63. The number of carbonyl (C=O) groups is 1. The van der Waals surface area contributed by atoms with Crippen LogP contribution in [0.3, 0.4) is 0 Å². The minimum atomic E-state index is -0.458. The molecule has 0 radical (unpaired) electrons. The van der Waals surface area contributed by atoms with Crippen molar-refractivity contribution < 1.29 is 14.6 Å². The number of ether oxygens (including phenoxy) is 1. The van der Waals surface area contributed by atoms with E-state index in [-0.39, 0.29) is 5.97 Å². The van der Waals surface area contributed by atoms with Crippen molar-refractivity contribution in [3.63, 3.8) is 0 Å². The number of aliphatic hydroxyl groups is 1. The lowest BCUT2D eigenvalue weighted by atomic mass is 9.52. The Morgan fingerprint density at radius 3 is 2.85 bits per heavy atom. The molecule has 0 aliphatic heterocycles. The molecule has 0 saturated heterocycles. The number of pyridine rings is 1. The summed E-state index contributed by atoms with van der Waals surface area (Å²) in [5.74, 6) is 1.24. The Bertz CT molecular complexity index is 845. The van der Waals surface area contributed by atoms with Gasteiger partial charge in [0.25, 0.3) is 0 Å². The molecule has 2 unspecified atom stereocenters. The second kappa shape index (κ2) is 5.71. The minimum Gasteiger partial charge on any atom is -0.462 e. The highest BCUT2D eigenvalue weighted by Crippen LogP contribution is 2.56. The largest absolute Gasteiger partial charge is 0.462 e. The summed E-state index contributed by atoms with van der Waals surface area (Å²) in [7, 11) is 0. The number of rotatable bonds is 4. The number of aromatic amines is 1. The quantitative estimate of drug-likeness (QED) is 0.734. The predicted molar refractivity (Wildman–Crippen MR) is 98.0 cm³/mol. The molecule has 6 nitrogen and oxygen atoms in total. The summed E-state index contributed by atoms with van der Waals surface area (Å²) in [6, 6.07) is 2.25. The van der Waals surface area contributed by atoms with Crippen molar-refractivity contribution in [3.8, 4) is 0 Å². The summed E-state index contributed by atoms with van der Waals surface area (Å²) in [6.07, 6.45) is 8.50. The molecule has 6 rings (SSSR count). The monoisotopic (exact) mass is 355 g/mol. The number of hydrogen-bond donors (Lipinski definition) is 3. The molecular weight excluding hydrogens is 330 g/mol. The van der Waals surface area contributed by atoms with Crippen LogP contribution in [0.4, 0.5) is 5.69 Å². The number of carbonyl (C=O) groups excluding carboxylic acids is 1. The number of anilines is 1. The fourth-order valence-electron chi connectivity index (χ4n) is 5.91. The Morgan fingerprint density at radius 2 is 2.15 bits per heavy atom. The van der Waals surface area contributed by atoms with Crippen molar-refractivity contribution in [1.82, 2.24) is 9.97 Å². The number of nitrogens with one attached hydrogen (secondary N) is 2. The Labute approximate surface area is 152 Å². The maximum absolute atomic E-state index is 12.5. The van der Waals surface area contributed by atoms with Crippen LogP contribution >= 0.6 is 0 Å². The van der Waals surface area contributed by atoms with Crippen molar-refractivity contribution >= 4 is 22.7 Å². The maximum atomic E-state index is 12.5. The third kappa shape index (κ3) is 2.42. The van der Waals surface area contributed by atoms with E-state index in [9.17, 15) is 9.90 Å². The van der Waals surface area contributed by atoms with Crippen LogP contribution in [0.5, 0.6) is 0 Å². The highest BCUT2D eigenvalue weighted by atomic mass is 16.5. The van der Waals surface area contributed by atoms with E-state index < -0.39 is 5.60 Å². The second-order valence-electron chi connectivity index (χ2n) is 8.37. The zero-order valence-electron chi connectivity index (χ0n) is 15.0. The molecule has 4 fully saturated rings. The molecule has 2 atom stereocenters. The summed E-state index contributed by atoms with van der Waals surface area (Å²) in [5, 5.41) is 15.4. The van der Waals surface area contributed by atoms with E-state index in [4.69, 9.17) is 4.74 Å². The van der Waals surface area contributed by atoms with E-state index in [1.807, 2.05) is 19.2 Å². The summed E-state index contributed by atoms with van der Waals surface area (Å²) in [6.45, 7) is 2.15. The van der Waals surface area contributed by atoms with Gasteiger partial charge in [0.15, 0.2) is 0 Å². The normalized spacial score (nSPS) is 35.0. The first-order valence-corrected chi connectivity index (χ1v) is 9.68. The van der Waals surface area contributed by atoms with Gasteiger partial charge in [0, 0.05) is 23.8 Å². The summed E-state index contributed by atoms with van der Waals surface area (Å²) >= 11 is 0. The molecule has 2 aromatic rings. The van der Waals surface area contributed by atoms with Crippen molar-refractivity contribution in [2.45, 2.75) is 50.7 Å². The molecule has 2 aromatic heterocycles. The topological polar surface area (TPSA) is 87.2 Å². The van der Waals surface area contributed by atoms with Gasteiger partial charge in [-0.05, 0) is 62.8 Å². The standard InChI is InChI=1S/C20H25N3O3/c1-2-26-19(24)15-10-22-18-14(3-4-21-18)17(15)23-16-12-5-11-6-13(16)9-20(25,7-11)8-12/h3-4,10-13,16,25H,2,5-9H2,1H3,(H2,21,22,23). The molecule has 0 aromatic carbocycles. The van der Waals surface area contributed by atoms with Gasteiger partial charge in [0.1, 0.15) is 11.2 Å². The Hall–Kier alpha value is -2.08. The van der Waals surface area contributed by atoms with Gasteiger partial charge in [-0.15, -0.1) is 0 Å². The van der Waals surface area contributed by atoms with E-state index in [1.165, 1.54) is 12.8 Å². The molecule has 4 aliphatic carbocycles. The molecule has 4 aliphatic rings. The fourth-order valence-corrected chi connectivity index (χ4v) is 5.91. The smallest absolute Gasteiger partial charge is 0.341 e. The van der Waals surface area contributed by atoms with Crippen LogP contribution in [0.25, 0.3) is 11.0 Å². The van der Waals surface area contributed by atoms with Crippen LogP contribution in [-0.4, -0.2) is 39.3 Å². The number of fused-ring (bicyclic) bond motifs is 1. The van der Waals surface area contributed by atoms with Gasteiger partial charge in [-0.25, -0.2) is 9.78 Å². The first-order valence-electron chi connectivity index (χ1n) is 9.68. The molecule has 6 heteroatoms. The SMILES string of the molecule is CCOC(=O)c1cnc2[nH]ccc2c1NC1C2CC3CC1CC(O)(C3)C2. The van der Waals surface area contributed by atoms with E-state index in [0.717, 1.165) is 36.0 Å². The highest BCUT2D eigenvalue weighted by molar-refractivity contribution is 6.04. The Balaban J connectivity index is 1.52. The van der Waals surface area contributed by atoms with E-state index in [2.05, 4.69) is 15.3 Å². The molecule has 4 saturated carbocycles. The number of hydrogen-bond acceptors (Lipinski definition) is 5. The number of nitrogens with zero attached hydrogens (tertiary/aromatic N) is 1. The average molecular weight is 355 g/mol. The van der Waals surface area contributed by atoms with Gasteiger partial charge >= 0.3 is 5.97 Å². The first-order chi connectivity index (χ1) is 12.6. The predicted octanol–water partition coefficient (Wildman–Crippen LogP) is 3.09. The average Bonchev–Trinajstić information content (AvgIpc) is 3.05. The van der Waals surface area contributed by atoms with Gasteiger partial charge in [0.05, 0.1) is 17.9 Å². The Morgan fingerprint density at radius 1 is 1.38 bits per heavy atom. The third-order valence-electron chi connectivity index (χ3n) is 6.63. The Kier molecular flexibility index (Phi) is 3.54. The minimum absolute atomic E-state index is 0.292. The van der Waals surface area contributed by atoms with Crippen molar-refractivity contribution in [2.24, 2.45) is 17.8 Å².